The van der Waals surface area contributed by atoms with Crippen LogP contribution in [0.3, 0.4) is 0 Å². The fraction of sp³-hybridized carbons (Fsp3) is 0.667. The van der Waals surface area contributed by atoms with Gasteiger partial charge in [-0.15, -0.1) is 0 Å². The van der Waals surface area contributed by atoms with Crippen LogP contribution in [0.5, 0.6) is 0 Å². The minimum Gasteiger partial charge on any atom is -0.379 e. The van der Waals surface area contributed by atoms with Gasteiger partial charge in [0.2, 0.25) is 0 Å². The number of ether oxygens (including phenoxy) is 1. The van der Waals surface area contributed by atoms with Crippen molar-refractivity contribution in [3.63, 3.8) is 0 Å². The van der Waals surface area contributed by atoms with Crippen molar-refractivity contribution in [3.05, 3.63) is 46.8 Å². The van der Waals surface area contributed by atoms with Crippen molar-refractivity contribution in [2.24, 2.45) is 4.99 Å². The maximum absolute atomic E-state index is 6.47. The van der Waals surface area contributed by atoms with Gasteiger partial charge >= 0.3 is 0 Å². The molecule has 3 heterocycles. The number of likely N-dealkylation sites (tertiary alicyclic amines) is 1. The Labute approximate surface area is 208 Å². The van der Waals surface area contributed by atoms with Crippen LogP contribution in [0.4, 0.5) is 0 Å². The second-order valence-electron chi connectivity index (χ2n) is 8.04. The lowest BCUT2D eigenvalue weighted by molar-refractivity contribution is 0.0384. The number of hydrogen-bond acceptors (Lipinski definition) is 5. The number of rotatable bonds is 7. The molecule has 1 N–H and O–H groups in total. The molecule has 1 atom stereocenters. The van der Waals surface area contributed by atoms with Gasteiger partial charge in [0.05, 0.1) is 18.2 Å². The van der Waals surface area contributed by atoms with Gasteiger partial charge in [0, 0.05) is 57.0 Å². The molecule has 6 heteroatoms. The summed E-state index contributed by atoms with van der Waals surface area (Å²) in [6.45, 7) is 23.3. The first-order valence-corrected chi connectivity index (χ1v) is 13.2. The number of piperidine rings is 1. The van der Waals surface area contributed by atoms with Gasteiger partial charge in [-0.2, -0.15) is 0 Å². The minimum atomic E-state index is 0.0529. The van der Waals surface area contributed by atoms with Gasteiger partial charge in [-0.05, 0) is 37.3 Å². The van der Waals surface area contributed by atoms with Gasteiger partial charge in [-0.25, -0.2) is 0 Å². The quantitative estimate of drug-likeness (QED) is 0.479. The molecule has 0 aromatic rings. The summed E-state index contributed by atoms with van der Waals surface area (Å²) < 4.78 is 5.43. The zero-order valence-corrected chi connectivity index (χ0v) is 22.7. The van der Waals surface area contributed by atoms with Crippen LogP contribution in [-0.2, 0) is 4.74 Å². The number of nitrogens with zero attached hydrogens (tertiary/aromatic N) is 3. The van der Waals surface area contributed by atoms with Crippen LogP contribution in [0.25, 0.3) is 0 Å². The predicted octanol–water partition coefficient (Wildman–Crippen LogP) is 6.10. The molecule has 3 aliphatic rings. The Morgan fingerprint density at radius 2 is 1.88 bits per heavy atom. The van der Waals surface area contributed by atoms with Crippen molar-refractivity contribution >= 4 is 17.3 Å². The summed E-state index contributed by atoms with van der Waals surface area (Å²) in [5, 5.41) is 4.23. The molecule has 0 radical (unpaired) electrons. The normalized spacial score (nSPS) is 24.0. The Hall–Kier alpha value is -1.40. The number of halogens is 1. The van der Waals surface area contributed by atoms with Crippen molar-refractivity contribution in [3.8, 4) is 0 Å². The minimum absolute atomic E-state index is 0.0529. The molecule has 188 valence electrons. The maximum atomic E-state index is 6.47. The SMILES string of the molecule is C=C(CCN1CCOCC1)N=C1CCN(C2NC=CC=C2Cl)C/C1=C(/C)CCC.CC.CC. The van der Waals surface area contributed by atoms with Crippen molar-refractivity contribution < 1.29 is 4.74 Å². The second-order valence-corrected chi connectivity index (χ2v) is 8.47. The fourth-order valence-electron chi connectivity index (χ4n) is 4.12. The van der Waals surface area contributed by atoms with E-state index in [0.717, 1.165) is 82.4 Å². The molecule has 3 aliphatic heterocycles. The van der Waals surface area contributed by atoms with Crippen molar-refractivity contribution in [2.45, 2.75) is 73.4 Å². The Balaban J connectivity index is 0.00000129. The highest BCUT2D eigenvalue weighted by Crippen LogP contribution is 2.26. The number of allylic oxidation sites excluding steroid dienone is 3. The van der Waals surface area contributed by atoms with E-state index in [1.807, 2.05) is 46.0 Å². The highest BCUT2D eigenvalue weighted by Gasteiger charge is 2.29. The number of dihydropyridines is 1. The number of nitrogens with one attached hydrogen (secondary N) is 1. The van der Waals surface area contributed by atoms with E-state index in [2.05, 4.69) is 35.5 Å². The van der Waals surface area contributed by atoms with Gasteiger partial charge in [0.25, 0.3) is 0 Å². The van der Waals surface area contributed by atoms with Gasteiger partial charge in [-0.1, -0.05) is 64.8 Å². The van der Waals surface area contributed by atoms with E-state index < -0.39 is 0 Å². The first-order chi connectivity index (χ1) is 16.1. The molecule has 0 saturated carbocycles. The number of morpholine rings is 1. The molecule has 5 nitrogen and oxygen atoms in total. The van der Waals surface area contributed by atoms with E-state index in [0.29, 0.717) is 0 Å². The summed E-state index contributed by atoms with van der Waals surface area (Å²) >= 11 is 6.47. The summed E-state index contributed by atoms with van der Waals surface area (Å²) in [6, 6.07) is 0. The van der Waals surface area contributed by atoms with E-state index >= 15 is 0 Å². The molecule has 0 bridgehead atoms. The third-order valence-corrected chi connectivity index (χ3v) is 6.16. The first kappa shape index (κ1) is 29.6. The van der Waals surface area contributed by atoms with Crippen LogP contribution >= 0.6 is 11.6 Å². The Bertz CT molecular complexity index is 705. The van der Waals surface area contributed by atoms with Crippen LogP contribution in [0.1, 0.15) is 67.2 Å². The lowest BCUT2D eigenvalue weighted by Gasteiger charge is -2.37. The summed E-state index contributed by atoms with van der Waals surface area (Å²) in [6.07, 6.45) is 10.0. The van der Waals surface area contributed by atoms with Crippen LogP contribution in [-0.4, -0.2) is 67.6 Å². The van der Waals surface area contributed by atoms with Crippen LogP contribution in [0.2, 0.25) is 0 Å². The molecule has 33 heavy (non-hydrogen) atoms. The molecule has 3 rings (SSSR count). The molecular weight excluding hydrogens is 432 g/mol. The molecule has 2 saturated heterocycles. The van der Waals surface area contributed by atoms with E-state index in [1.54, 1.807) is 0 Å². The lowest BCUT2D eigenvalue weighted by atomic mass is 9.94. The Morgan fingerprint density at radius 3 is 2.52 bits per heavy atom. The van der Waals surface area contributed by atoms with Crippen molar-refractivity contribution in [1.29, 1.82) is 0 Å². The van der Waals surface area contributed by atoms with E-state index in [9.17, 15) is 0 Å². The van der Waals surface area contributed by atoms with Gasteiger partial charge in [-0.3, -0.25) is 14.8 Å². The third-order valence-electron chi connectivity index (χ3n) is 5.83. The van der Waals surface area contributed by atoms with E-state index in [-0.39, 0.29) is 6.17 Å². The van der Waals surface area contributed by atoms with Gasteiger partial charge in [0.15, 0.2) is 0 Å². The van der Waals surface area contributed by atoms with E-state index in [4.69, 9.17) is 21.3 Å². The van der Waals surface area contributed by atoms with E-state index in [1.165, 1.54) is 16.9 Å². The third kappa shape index (κ3) is 9.78. The number of hydrogen-bond donors (Lipinski definition) is 1. The molecule has 1 unspecified atom stereocenters. The first-order valence-electron chi connectivity index (χ1n) is 12.8. The molecule has 0 amide bonds. The fourth-order valence-corrected chi connectivity index (χ4v) is 4.39. The van der Waals surface area contributed by atoms with Gasteiger partial charge < -0.3 is 10.1 Å². The summed E-state index contributed by atoms with van der Waals surface area (Å²) in [5.41, 5.74) is 5.00. The average molecular weight is 479 g/mol. The molecule has 0 aromatic heterocycles. The molecular formula is C27H47ClN4O. The van der Waals surface area contributed by atoms with Crippen LogP contribution < -0.4 is 5.32 Å². The molecule has 2 fully saturated rings. The topological polar surface area (TPSA) is 40.1 Å². The Morgan fingerprint density at radius 1 is 1.18 bits per heavy atom. The highest BCUT2D eigenvalue weighted by atomic mass is 35.5. The second kappa shape index (κ2) is 17.1. The zero-order valence-electron chi connectivity index (χ0n) is 21.9. The summed E-state index contributed by atoms with van der Waals surface area (Å²) in [5.74, 6) is 0. The number of aliphatic imine (C=N–C) groups is 1. The van der Waals surface area contributed by atoms with Gasteiger partial charge in [0.1, 0.15) is 6.17 Å². The summed E-state index contributed by atoms with van der Waals surface area (Å²) in [7, 11) is 0. The predicted molar refractivity (Wildman–Crippen MR) is 145 cm³/mol. The summed E-state index contributed by atoms with van der Waals surface area (Å²) in [4.78, 5) is 9.85. The molecule has 0 aliphatic carbocycles. The smallest absolute Gasteiger partial charge is 0.116 e. The maximum Gasteiger partial charge on any atom is 0.116 e. The monoisotopic (exact) mass is 478 g/mol. The Kier molecular flexibility index (Phi) is 15.4. The van der Waals surface area contributed by atoms with Crippen molar-refractivity contribution in [2.75, 3.05) is 45.9 Å². The highest BCUT2D eigenvalue weighted by molar-refractivity contribution is 6.30. The standard InChI is InChI=1S/C23H35ClN4O.2C2H6/c1-4-6-18(2)20-17-28(23-21(24)7-5-10-25-23)12-9-22(20)26-19(3)8-11-27-13-15-29-16-14-27;2*1-2/h5,7,10,23,25H,3-4,6,8-9,11-17H2,1-2H3;2*1-2H3/b20-18+,26-22?;;. The largest absolute Gasteiger partial charge is 0.379 e. The molecule has 0 aromatic carbocycles. The molecule has 0 spiro atoms. The zero-order chi connectivity index (χ0) is 24.6. The van der Waals surface area contributed by atoms with Crippen LogP contribution in [0, 0.1) is 0 Å². The average Bonchev–Trinajstić information content (AvgIpc) is 2.86. The lowest BCUT2D eigenvalue weighted by Crippen LogP contribution is -2.49. The van der Waals surface area contributed by atoms with Crippen LogP contribution in [0.15, 0.2) is 51.8 Å². The van der Waals surface area contributed by atoms with Crippen molar-refractivity contribution in [1.82, 2.24) is 15.1 Å².